The number of nitrogens with one attached hydrogen (secondary N) is 1. The van der Waals surface area contributed by atoms with Crippen molar-refractivity contribution in [3.05, 3.63) is 65.7 Å². The molecular weight excluding hydrogens is 284 g/mol. The molecule has 0 aliphatic rings. The lowest BCUT2D eigenvalue weighted by atomic mass is 10.1. The summed E-state index contributed by atoms with van der Waals surface area (Å²) >= 11 is 0. The average Bonchev–Trinajstić information content (AvgIpc) is 2.39. The maximum absolute atomic E-state index is 13.0. The predicted molar refractivity (Wildman–Crippen MR) is 71.7 cm³/mol. The van der Waals surface area contributed by atoms with Crippen molar-refractivity contribution in [2.24, 2.45) is 0 Å². The molecular formula is C14H13F2NO2S. The number of benzene rings is 2. The summed E-state index contributed by atoms with van der Waals surface area (Å²) in [5.41, 5.74) is 0.701. The van der Waals surface area contributed by atoms with Gasteiger partial charge in [0.15, 0.2) is 0 Å². The van der Waals surface area contributed by atoms with Crippen molar-refractivity contribution >= 4 is 10.0 Å². The number of hydrogen-bond acceptors (Lipinski definition) is 2. The van der Waals surface area contributed by atoms with Gasteiger partial charge < -0.3 is 0 Å². The molecule has 1 N–H and O–H groups in total. The van der Waals surface area contributed by atoms with Crippen LogP contribution in [0, 0.1) is 11.6 Å². The molecule has 2 aromatic rings. The highest BCUT2D eigenvalue weighted by Crippen LogP contribution is 2.10. The number of sulfonamides is 1. The molecule has 0 heterocycles. The Labute approximate surface area is 116 Å². The summed E-state index contributed by atoms with van der Waals surface area (Å²) in [6, 6.07) is 10.5. The van der Waals surface area contributed by atoms with Gasteiger partial charge in [-0.15, -0.1) is 0 Å². The fourth-order valence-electron chi connectivity index (χ4n) is 1.72. The van der Waals surface area contributed by atoms with Crippen LogP contribution in [0.15, 0.2) is 53.4 Å². The lowest BCUT2D eigenvalue weighted by Crippen LogP contribution is -2.26. The third-order valence-electron chi connectivity index (χ3n) is 2.72. The zero-order valence-corrected chi connectivity index (χ0v) is 11.3. The third-order valence-corrected chi connectivity index (χ3v) is 4.20. The molecule has 0 bridgehead atoms. The van der Waals surface area contributed by atoms with E-state index in [4.69, 9.17) is 0 Å². The fourth-order valence-corrected chi connectivity index (χ4v) is 2.75. The molecule has 3 nitrogen and oxygen atoms in total. The Bertz CT molecular complexity index is 685. The largest absolute Gasteiger partial charge is 0.240 e. The van der Waals surface area contributed by atoms with Gasteiger partial charge in [0, 0.05) is 6.54 Å². The lowest BCUT2D eigenvalue weighted by Gasteiger charge is -2.07. The molecule has 0 saturated heterocycles. The summed E-state index contributed by atoms with van der Waals surface area (Å²) < 4.78 is 51.9. The topological polar surface area (TPSA) is 46.2 Å². The van der Waals surface area contributed by atoms with Gasteiger partial charge in [-0.05, 0) is 48.4 Å². The van der Waals surface area contributed by atoms with Crippen LogP contribution in [0.5, 0.6) is 0 Å². The van der Waals surface area contributed by atoms with Gasteiger partial charge in [-0.3, -0.25) is 0 Å². The Hall–Kier alpha value is -1.79. The van der Waals surface area contributed by atoms with Crippen molar-refractivity contribution in [3.63, 3.8) is 0 Å². The molecule has 2 rings (SSSR count). The molecule has 0 aliphatic heterocycles. The van der Waals surface area contributed by atoms with E-state index in [9.17, 15) is 17.2 Å². The monoisotopic (exact) mass is 297 g/mol. The number of rotatable bonds is 5. The second-order valence-electron chi connectivity index (χ2n) is 4.23. The van der Waals surface area contributed by atoms with Crippen LogP contribution in [-0.4, -0.2) is 15.0 Å². The molecule has 0 aromatic heterocycles. The van der Waals surface area contributed by atoms with Crippen LogP contribution >= 0.6 is 0 Å². The highest BCUT2D eigenvalue weighted by atomic mass is 32.2. The van der Waals surface area contributed by atoms with Crippen molar-refractivity contribution in [1.29, 1.82) is 0 Å². The van der Waals surface area contributed by atoms with Crippen molar-refractivity contribution < 1.29 is 17.2 Å². The van der Waals surface area contributed by atoms with Crippen molar-refractivity contribution in [2.45, 2.75) is 11.3 Å². The minimum atomic E-state index is -3.67. The summed E-state index contributed by atoms with van der Waals surface area (Å²) in [4.78, 5) is -0.00172. The van der Waals surface area contributed by atoms with E-state index in [1.54, 1.807) is 12.1 Å². The van der Waals surface area contributed by atoms with Crippen LogP contribution in [0.1, 0.15) is 5.56 Å². The van der Waals surface area contributed by atoms with Crippen molar-refractivity contribution in [1.82, 2.24) is 4.72 Å². The summed E-state index contributed by atoms with van der Waals surface area (Å²) in [6.45, 7) is 0.142. The van der Waals surface area contributed by atoms with Gasteiger partial charge in [0.1, 0.15) is 11.6 Å². The summed E-state index contributed by atoms with van der Waals surface area (Å²) in [5.74, 6) is -0.854. The summed E-state index contributed by atoms with van der Waals surface area (Å²) in [5, 5.41) is 0. The molecule has 0 fully saturated rings. The normalized spacial score (nSPS) is 11.5. The van der Waals surface area contributed by atoms with E-state index in [1.165, 1.54) is 24.3 Å². The van der Waals surface area contributed by atoms with Crippen molar-refractivity contribution in [3.8, 4) is 0 Å². The van der Waals surface area contributed by atoms with Crippen LogP contribution in [0.2, 0.25) is 0 Å². The standard InChI is InChI=1S/C14H13F2NO2S/c15-12-4-6-14(7-5-12)20(18,19)17-9-8-11-2-1-3-13(16)10-11/h1-7,10,17H,8-9H2. The van der Waals surface area contributed by atoms with E-state index in [2.05, 4.69) is 4.72 Å². The van der Waals surface area contributed by atoms with Crippen LogP contribution in [-0.2, 0) is 16.4 Å². The second kappa shape index (κ2) is 6.11. The van der Waals surface area contributed by atoms with E-state index in [1.807, 2.05) is 0 Å². The zero-order valence-electron chi connectivity index (χ0n) is 10.5. The number of halogens is 2. The SMILES string of the molecule is O=S(=O)(NCCc1cccc(F)c1)c1ccc(F)cc1. The molecule has 0 amide bonds. The first kappa shape index (κ1) is 14.6. The van der Waals surface area contributed by atoms with E-state index in [0.29, 0.717) is 12.0 Å². The first-order valence-corrected chi connectivity index (χ1v) is 7.45. The molecule has 0 aliphatic carbocycles. The van der Waals surface area contributed by atoms with E-state index < -0.39 is 15.8 Å². The lowest BCUT2D eigenvalue weighted by molar-refractivity contribution is 0.580. The first-order valence-electron chi connectivity index (χ1n) is 5.97. The molecule has 2 aromatic carbocycles. The van der Waals surface area contributed by atoms with Gasteiger partial charge in [-0.1, -0.05) is 12.1 Å². The smallest absolute Gasteiger partial charge is 0.211 e. The highest BCUT2D eigenvalue weighted by molar-refractivity contribution is 7.89. The van der Waals surface area contributed by atoms with Crippen LogP contribution in [0.3, 0.4) is 0 Å². The van der Waals surface area contributed by atoms with Gasteiger partial charge in [-0.2, -0.15) is 0 Å². The van der Waals surface area contributed by atoms with E-state index >= 15 is 0 Å². The van der Waals surface area contributed by atoms with Crippen molar-refractivity contribution in [2.75, 3.05) is 6.54 Å². The van der Waals surface area contributed by atoms with Gasteiger partial charge in [0.2, 0.25) is 10.0 Å². The molecule has 0 atom stereocenters. The Morgan fingerprint density at radius 3 is 2.30 bits per heavy atom. The van der Waals surface area contributed by atoms with Gasteiger partial charge in [0.25, 0.3) is 0 Å². The minimum absolute atomic E-state index is 0.00172. The molecule has 0 radical (unpaired) electrons. The van der Waals surface area contributed by atoms with Gasteiger partial charge in [0.05, 0.1) is 4.90 Å². The quantitative estimate of drug-likeness (QED) is 0.921. The summed E-state index contributed by atoms with van der Waals surface area (Å²) in [7, 11) is -3.67. The maximum atomic E-state index is 13.0. The fraction of sp³-hybridized carbons (Fsp3) is 0.143. The van der Waals surface area contributed by atoms with Crippen LogP contribution < -0.4 is 4.72 Å². The van der Waals surface area contributed by atoms with Gasteiger partial charge in [-0.25, -0.2) is 21.9 Å². The van der Waals surface area contributed by atoms with Gasteiger partial charge >= 0.3 is 0 Å². The second-order valence-corrected chi connectivity index (χ2v) is 6.00. The van der Waals surface area contributed by atoms with E-state index in [0.717, 1.165) is 12.1 Å². The molecule has 106 valence electrons. The summed E-state index contributed by atoms with van der Waals surface area (Å²) in [6.07, 6.45) is 0.373. The predicted octanol–water partition coefficient (Wildman–Crippen LogP) is 2.49. The Morgan fingerprint density at radius 1 is 0.950 bits per heavy atom. The maximum Gasteiger partial charge on any atom is 0.240 e. The minimum Gasteiger partial charge on any atom is -0.211 e. The highest BCUT2D eigenvalue weighted by Gasteiger charge is 2.13. The number of hydrogen-bond donors (Lipinski definition) is 1. The Balaban J connectivity index is 1.98. The van der Waals surface area contributed by atoms with Crippen LogP contribution in [0.25, 0.3) is 0 Å². The zero-order chi connectivity index (χ0) is 14.6. The first-order chi connectivity index (χ1) is 9.47. The third kappa shape index (κ3) is 3.85. The molecule has 6 heteroatoms. The average molecular weight is 297 g/mol. The Morgan fingerprint density at radius 2 is 1.65 bits per heavy atom. The molecule has 20 heavy (non-hydrogen) atoms. The van der Waals surface area contributed by atoms with E-state index in [-0.39, 0.29) is 17.3 Å². The molecule has 0 spiro atoms. The molecule has 0 unspecified atom stereocenters. The van der Waals surface area contributed by atoms with Crippen LogP contribution in [0.4, 0.5) is 8.78 Å². The Kier molecular flexibility index (Phi) is 4.46. The molecule has 0 saturated carbocycles.